The van der Waals surface area contributed by atoms with Gasteiger partial charge in [-0.15, -0.1) is 0 Å². The Balaban J connectivity index is 1.22. The maximum absolute atomic E-state index is 13.2. The third-order valence-electron chi connectivity index (χ3n) is 6.02. The number of nitrogens with zero attached hydrogens (tertiary/aromatic N) is 6. The van der Waals surface area contributed by atoms with Crippen LogP contribution in [0.15, 0.2) is 48.9 Å². The van der Waals surface area contributed by atoms with Crippen LogP contribution in [-0.2, 0) is 16.1 Å². The molecule has 1 amide bonds. The van der Waals surface area contributed by atoms with Gasteiger partial charge in [-0.2, -0.15) is 10.2 Å². The SMILES string of the molecule is CCOC1(C(=O)NCc2ccc(-n3cc(F)cn3)nc2)CN(c2cc(C)cc(Nc3cc(C)[nH]n3)n2)C1. The van der Waals surface area contributed by atoms with Crippen molar-refractivity contribution in [1.82, 2.24) is 35.3 Å². The Bertz CT molecular complexity index is 1390. The highest BCUT2D eigenvalue weighted by atomic mass is 19.1. The van der Waals surface area contributed by atoms with E-state index in [1.165, 1.54) is 10.9 Å². The molecule has 0 radical (unpaired) electrons. The minimum atomic E-state index is -0.965. The van der Waals surface area contributed by atoms with Crippen molar-refractivity contribution in [2.75, 3.05) is 29.9 Å². The number of aromatic amines is 1. The average molecular weight is 506 g/mol. The first kappa shape index (κ1) is 24.4. The molecule has 4 aromatic heterocycles. The number of hydrogen-bond donors (Lipinski definition) is 3. The number of nitrogens with one attached hydrogen (secondary N) is 3. The van der Waals surface area contributed by atoms with Crippen LogP contribution in [0, 0.1) is 19.7 Å². The number of hydrogen-bond acceptors (Lipinski definition) is 8. The molecule has 5 rings (SSSR count). The van der Waals surface area contributed by atoms with Crippen molar-refractivity contribution in [2.24, 2.45) is 0 Å². The van der Waals surface area contributed by atoms with Crippen LogP contribution in [0.3, 0.4) is 0 Å². The van der Waals surface area contributed by atoms with Crippen molar-refractivity contribution in [2.45, 2.75) is 32.9 Å². The molecule has 4 aromatic rings. The molecule has 12 heteroatoms. The molecule has 1 fully saturated rings. The smallest absolute Gasteiger partial charge is 0.256 e. The van der Waals surface area contributed by atoms with Gasteiger partial charge in [0.15, 0.2) is 23.1 Å². The van der Waals surface area contributed by atoms with Crippen LogP contribution in [0.5, 0.6) is 0 Å². The zero-order valence-electron chi connectivity index (χ0n) is 20.8. The van der Waals surface area contributed by atoms with Gasteiger partial charge in [0.25, 0.3) is 5.91 Å². The van der Waals surface area contributed by atoms with E-state index in [9.17, 15) is 9.18 Å². The van der Waals surface area contributed by atoms with Gasteiger partial charge in [-0.05, 0) is 50.1 Å². The van der Waals surface area contributed by atoms with Gasteiger partial charge in [-0.25, -0.2) is 19.0 Å². The minimum absolute atomic E-state index is 0.193. The summed E-state index contributed by atoms with van der Waals surface area (Å²) in [7, 11) is 0. The fourth-order valence-corrected chi connectivity index (χ4v) is 4.22. The fourth-order valence-electron chi connectivity index (χ4n) is 4.22. The molecule has 37 heavy (non-hydrogen) atoms. The fraction of sp³-hybridized carbons (Fsp3) is 0.320. The van der Waals surface area contributed by atoms with E-state index in [1.54, 1.807) is 12.3 Å². The van der Waals surface area contributed by atoms with Crippen molar-refractivity contribution < 1.29 is 13.9 Å². The summed E-state index contributed by atoms with van der Waals surface area (Å²) in [5.74, 6) is 1.98. The topological polar surface area (TPSA) is 126 Å². The number of rotatable bonds is 9. The first-order valence-electron chi connectivity index (χ1n) is 11.9. The van der Waals surface area contributed by atoms with Crippen LogP contribution >= 0.6 is 0 Å². The zero-order chi connectivity index (χ0) is 26.0. The normalized spacial score (nSPS) is 14.3. The van der Waals surface area contributed by atoms with Gasteiger partial charge in [-0.1, -0.05) is 6.07 Å². The molecule has 1 aliphatic heterocycles. The van der Waals surface area contributed by atoms with Gasteiger partial charge < -0.3 is 20.3 Å². The van der Waals surface area contributed by atoms with Gasteiger partial charge in [0.05, 0.1) is 25.5 Å². The quantitative estimate of drug-likeness (QED) is 0.317. The molecule has 192 valence electrons. The first-order chi connectivity index (χ1) is 17.8. The monoisotopic (exact) mass is 505 g/mol. The van der Waals surface area contributed by atoms with Gasteiger partial charge >= 0.3 is 0 Å². The Morgan fingerprint density at radius 1 is 1.16 bits per heavy atom. The number of carbonyl (C=O) groups excluding carboxylic acids is 1. The maximum Gasteiger partial charge on any atom is 0.256 e. The number of H-pyrrole nitrogens is 1. The Morgan fingerprint density at radius 2 is 2.00 bits per heavy atom. The Hall–Kier alpha value is -4.32. The van der Waals surface area contributed by atoms with Gasteiger partial charge in [0, 0.05) is 31.1 Å². The second kappa shape index (κ2) is 9.97. The molecule has 11 nitrogen and oxygen atoms in total. The number of aryl methyl sites for hydroxylation is 2. The summed E-state index contributed by atoms with van der Waals surface area (Å²) in [6.45, 7) is 7.26. The summed E-state index contributed by atoms with van der Waals surface area (Å²) >= 11 is 0. The average Bonchev–Trinajstić information content (AvgIpc) is 3.47. The number of amides is 1. The molecule has 0 aliphatic carbocycles. The van der Waals surface area contributed by atoms with E-state index in [2.05, 4.69) is 30.9 Å². The van der Waals surface area contributed by atoms with E-state index in [-0.39, 0.29) is 12.5 Å². The van der Waals surface area contributed by atoms with Crippen molar-refractivity contribution >= 4 is 23.4 Å². The van der Waals surface area contributed by atoms with Crippen LogP contribution in [0.25, 0.3) is 5.82 Å². The van der Waals surface area contributed by atoms with Crippen molar-refractivity contribution in [3.8, 4) is 5.82 Å². The Morgan fingerprint density at radius 3 is 2.65 bits per heavy atom. The van der Waals surface area contributed by atoms with E-state index in [1.807, 2.05) is 49.9 Å². The molecule has 1 saturated heterocycles. The third-order valence-corrected chi connectivity index (χ3v) is 6.02. The van der Waals surface area contributed by atoms with E-state index in [0.29, 0.717) is 37.1 Å². The molecule has 0 saturated carbocycles. The molecule has 3 N–H and O–H groups in total. The molecule has 0 spiro atoms. The molecule has 0 aromatic carbocycles. The number of anilines is 3. The molecular formula is C25H28FN9O2. The number of halogens is 1. The minimum Gasteiger partial charge on any atom is -0.362 e. The molecule has 1 aliphatic rings. The molecule has 0 bridgehead atoms. The first-order valence-corrected chi connectivity index (χ1v) is 11.9. The second-order valence-corrected chi connectivity index (χ2v) is 9.04. The number of carbonyl (C=O) groups is 1. The second-order valence-electron chi connectivity index (χ2n) is 9.04. The highest BCUT2D eigenvalue weighted by Gasteiger charge is 2.51. The maximum atomic E-state index is 13.2. The predicted molar refractivity (Wildman–Crippen MR) is 135 cm³/mol. The predicted octanol–water partition coefficient (Wildman–Crippen LogP) is 2.80. The molecule has 0 unspecified atom stereocenters. The largest absolute Gasteiger partial charge is 0.362 e. The van der Waals surface area contributed by atoms with Crippen molar-refractivity contribution in [3.63, 3.8) is 0 Å². The summed E-state index contributed by atoms with van der Waals surface area (Å²) < 4.78 is 20.5. The van der Waals surface area contributed by atoms with E-state index < -0.39 is 11.4 Å². The molecule has 5 heterocycles. The summed E-state index contributed by atoms with van der Waals surface area (Å²) in [6, 6.07) is 9.36. The number of pyridine rings is 2. The van der Waals surface area contributed by atoms with E-state index >= 15 is 0 Å². The number of aromatic nitrogens is 6. The Labute approximate surface area is 213 Å². The third kappa shape index (κ3) is 5.28. The summed E-state index contributed by atoms with van der Waals surface area (Å²) in [5, 5.41) is 17.2. The number of ether oxygens (including phenoxy) is 1. The van der Waals surface area contributed by atoms with E-state index in [4.69, 9.17) is 9.72 Å². The summed E-state index contributed by atoms with van der Waals surface area (Å²) in [5.41, 5.74) is 1.82. The zero-order valence-corrected chi connectivity index (χ0v) is 20.8. The van der Waals surface area contributed by atoms with Gasteiger partial charge in [0.1, 0.15) is 11.6 Å². The van der Waals surface area contributed by atoms with Crippen LogP contribution in [0.4, 0.5) is 21.8 Å². The Kier molecular flexibility index (Phi) is 6.57. The highest BCUT2D eigenvalue weighted by Crippen LogP contribution is 2.32. The lowest BCUT2D eigenvalue weighted by Crippen LogP contribution is -2.70. The standard InChI is InChI=1S/C25H28FN9O2/c1-4-37-25(24(36)28-11-18-5-6-22(27-10-18)35-13-19(26)12-29-35)14-34(15-25)23-8-16(2)7-20(31-23)30-21-9-17(3)32-33-21/h5-10,12-13H,4,11,14-15H2,1-3H3,(H,28,36)(H2,30,31,32,33). The molecule has 0 atom stereocenters. The summed E-state index contributed by atoms with van der Waals surface area (Å²) in [6.07, 6.45) is 3.99. The lowest BCUT2D eigenvalue weighted by Gasteiger charge is -2.48. The lowest BCUT2D eigenvalue weighted by atomic mass is 9.92. The van der Waals surface area contributed by atoms with Crippen LogP contribution in [0.2, 0.25) is 0 Å². The van der Waals surface area contributed by atoms with Gasteiger partial charge in [-0.3, -0.25) is 9.89 Å². The van der Waals surface area contributed by atoms with Crippen LogP contribution in [-0.4, -0.2) is 61.2 Å². The lowest BCUT2D eigenvalue weighted by molar-refractivity contribution is -0.150. The van der Waals surface area contributed by atoms with Crippen molar-refractivity contribution in [3.05, 3.63) is 71.6 Å². The highest BCUT2D eigenvalue weighted by molar-refractivity contribution is 5.89. The van der Waals surface area contributed by atoms with Crippen LogP contribution < -0.4 is 15.5 Å². The van der Waals surface area contributed by atoms with E-state index in [0.717, 1.165) is 28.8 Å². The van der Waals surface area contributed by atoms with Crippen LogP contribution in [0.1, 0.15) is 23.7 Å². The van der Waals surface area contributed by atoms with Gasteiger partial charge in [0.2, 0.25) is 0 Å². The molecular weight excluding hydrogens is 477 g/mol. The summed E-state index contributed by atoms with van der Waals surface area (Å²) in [4.78, 5) is 24.2. The van der Waals surface area contributed by atoms with Crippen molar-refractivity contribution in [1.29, 1.82) is 0 Å².